The smallest absolute Gasteiger partial charge is 0.410 e. The second-order valence-corrected chi connectivity index (χ2v) is 7.86. The standard InChI is InChI=1S/C25H29NO4/c1-4-6-15-25(3,23(27)28)26(16-5-2)24(29)30-17-22-20-13-9-7-11-18(20)19-12-8-10-14-21(19)22/h4,7-14,22H,1,5-6,15-17H2,2-3H3,(H,27,28). The van der Waals surface area contributed by atoms with Gasteiger partial charge >= 0.3 is 12.1 Å². The molecule has 1 N–H and O–H groups in total. The molecule has 1 aliphatic rings. The largest absolute Gasteiger partial charge is 0.480 e. The van der Waals surface area contributed by atoms with Crippen molar-refractivity contribution in [2.75, 3.05) is 13.2 Å². The number of carboxylic acid groups (broad SMARTS) is 1. The number of carboxylic acids is 1. The number of allylic oxidation sites excluding steroid dienone is 1. The summed E-state index contributed by atoms with van der Waals surface area (Å²) in [5, 5.41) is 9.86. The van der Waals surface area contributed by atoms with Crippen LogP contribution in [0.1, 0.15) is 50.2 Å². The minimum Gasteiger partial charge on any atom is -0.480 e. The lowest BCUT2D eigenvalue weighted by atomic mass is 9.93. The van der Waals surface area contributed by atoms with Crippen molar-refractivity contribution < 1.29 is 19.4 Å². The Hall–Kier alpha value is -3.08. The Labute approximate surface area is 178 Å². The van der Waals surface area contributed by atoms with Crippen LogP contribution in [0, 0.1) is 0 Å². The van der Waals surface area contributed by atoms with Gasteiger partial charge in [-0.05, 0) is 48.4 Å². The summed E-state index contributed by atoms with van der Waals surface area (Å²) in [5.74, 6) is -1.10. The van der Waals surface area contributed by atoms with Gasteiger partial charge in [-0.1, -0.05) is 61.5 Å². The molecular formula is C25H29NO4. The number of rotatable bonds is 9. The van der Waals surface area contributed by atoms with E-state index in [0.717, 1.165) is 22.3 Å². The quantitative estimate of drug-likeness (QED) is 0.561. The highest BCUT2D eigenvalue weighted by Gasteiger charge is 2.42. The molecule has 0 saturated carbocycles. The first kappa shape index (κ1) is 21.6. The average molecular weight is 408 g/mol. The molecule has 2 aromatic carbocycles. The molecule has 0 bridgehead atoms. The predicted octanol–water partition coefficient (Wildman–Crippen LogP) is 5.46. The van der Waals surface area contributed by atoms with Gasteiger partial charge in [0.2, 0.25) is 0 Å². The van der Waals surface area contributed by atoms with E-state index in [9.17, 15) is 14.7 Å². The zero-order valence-corrected chi connectivity index (χ0v) is 17.6. The van der Waals surface area contributed by atoms with Gasteiger partial charge in [-0.25, -0.2) is 9.59 Å². The van der Waals surface area contributed by atoms with E-state index in [-0.39, 0.29) is 18.9 Å². The molecule has 1 atom stereocenters. The Kier molecular flexibility index (Phi) is 6.60. The Morgan fingerprint density at radius 1 is 1.13 bits per heavy atom. The number of hydrogen-bond acceptors (Lipinski definition) is 3. The number of ether oxygens (including phenoxy) is 1. The van der Waals surface area contributed by atoms with Gasteiger partial charge in [0.05, 0.1) is 0 Å². The summed E-state index contributed by atoms with van der Waals surface area (Å²) >= 11 is 0. The van der Waals surface area contributed by atoms with E-state index in [2.05, 4.69) is 30.8 Å². The third-order valence-corrected chi connectivity index (χ3v) is 5.90. The minimum absolute atomic E-state index is 0.0610. The van der Waals surface area contributed by atoms with E-state index in [1.54, 1.807) is 13.0 Å². The fourth-order valence-corrected chi connectivity index (χ4v) is 4.18. The zero-order chi connectivity index (χ0) is 21.7. The minimum atomic E-state index is -1.34. The van der Waals surface area contributed by atoms with Crippen molar-refractivity contribution in [2.45, 2.75) is 44.6 Å². The third-order valence-electron chi connectivity index (χ3n) is 5.90. The number of carbonyl (C=O) groups excluding carboxylic acids is 1. The fourth-order valence-electron chi connectivity index (χ4n) is 4.18. The average Bonchev–Trinajstić information content (AvgIpc) is 3.08. The lowest BCUT2D eigenvalue weighted by Gasteiger charge is -2.37. The second kappa shape index (κ2) is 9.16. The summed E-state index contributed by atoms with van der Waals surface area (Å²) < 4.78 is 5.73. The first-order valence-electron chi connectivity index (χ1n) is 10.4. The zero-order valence-electron chi connectivity index (χ0n) is 17.6. The van der Waals surface area contributed by atoms with Crippen molar-refractivity contribution in [1.82, 2.24) is 4.90 Å². The van der Waals surface area contributed by atoms with Crippen LogP contribution in [-0.4, -0.2) is 40.8 Å². The molecule has 0 spiro atoms. The maximum Gasteiger partial charge on any atom is 0.410 e. The van der Waals surface area contributed by atoms with E-state index in [1.807, 2.05) is 31.2 Å². The molecule has 1 amide bonds. The topological polar surface area (TPSA) is 66.8 Å². The maximum atomic E-state index is 13.0. The molecule has 30 heavy (non-hydrogen) atoms. The van der Waals surface area contributed by atoms with Gasteiger partial charge in [0.25, 0.3) is 0 Å². The SMILES string of the molecule is C=CCCC(C)(C(=O)O)N(CCC)C(=O)OCC1c2ccccc2-c2ccccc21. The number of amides is 1. The molecule has 158 valence electrons. The molecule has 0 aliphatic heterocycles. The van der Waals surface area contributed by atoms with Crippen LogP contribution in [0.4, 0.5) is 4.79 Å². The first-order valence-corrected chi connectivity index (χ1v) is 10.4. The van der Waals surface area contributed by atoms with Gasteiger partial charge in [0.15, 0.2) is 0 Å². The summed E-state index contributed by atoms with van der Waals surface area (Å²) in [6.45, 7) is 7.66. The lowest BCUT2D eigenvalue weighted by Crippen LogP contribution is -2.55. The number of hydrogen-bond donors (Lipinski definition) is 1. The summed E-state index contributed by atoms with van der Waals surface area (Å²) in [7, 11) is 0. The van der Waals surface area contributed by atoms with Crippen molar-refractivity contribution in [3.05, 3.63) is 72.3 Å². The van der Waals surface area contributed by atoms with E-state index in [1.165, 1.54) is 4.90 Å². The number of aliphatic carboxylic acids is 1. The Bertz CT molecular complexity index is 893. The molecule has 2 aromatic rings. The van der Waals surface area contributed by atoms with Crippen LogP contribution >= 0.6 is 0 Å². The van der Waals surface area contributed by atoms with Gasteiger partial charge in [-0.3, -0.25) is 4.90 Å². The molecule has 1 unspecified atom stereocenters. The number of carbonyl (C=O) groups is 2. The molecular weight excluding hydrogens is 378 g/mol. The van der Waals surface area contributed by atoms with E-state index < -0.39 is 17.6 Å². The maximum absolute atomic E-state index is 13.0. The molecule has 3 rings (SSSR count). The van der Waals surface area contributed by atoms with Crippen LogP contribution < -0.4 is 0 Å². The van der Waals surface area contributed by atoms with Gasteiger partial charge in [-0.2, -0.15) is 0 Å². The fraction of sp³-hybridized carbons (Fsp3) is 0.360. The Balaban J connectivity index is 1.82. The van der Waals surface area contributed by atoms with Crippen LogP contribution in [0.25, 0.3) is 11.1 Å². The van der Waals surface area contributed by atoms with Gasteiger partial charge in [0.1, 0.15) is 12.1 Å². The highest BCUT2D eigenvalue weighted by Crippen LogP contribution is 2.44. The number of benzene rings is 2. The molecule has 0 aromatic heterocycles. The molecule has 0 saturated heterocycles. The van der Waals surface area contributed by atoms with E-state index in [0.29, 0.717) is 19.4 Å². The van der Waals surface area contributed by atoms with Crippen LogP contribution in [0.3, 0.4) is 0 Å². The monoisotopic (exact) mass is 407 g/mol. The number of nitrogens with zero attached hydrogens (tertiary/aromatic N) is 1. The van der Waals surface area contributed by atoms with Crippen LogP contribution in [0.5, 0.6) is 0 Å². The molecule has 1 aliphatic carbocycles. The Morgan fingerprint density at radius 3 is 2.20 bits per heavy atom. The molecule has 5 heteroatoms. The van der Waals surface area contributed by atoms with Gasteiger partial charge < -0.3 is 9.84 Å². The number of fused-ring (bicyclic) bond motifs is 3. The first-order chi connectivity index (χ1) is 14.4. The normalized spacial score (nSPS) is 14.3. The predicted molar refractivity (Wildman–Crippen MR) is 118 cm³/mol. The van der Waals surface area contributed by atoms with Crippen molar-refractivity contribution in [3.8, 4) is 11.1 Å². The van der Waals surface area contributed by atoms with E-state index in [4.69, 9.17) is 4.74 Å². The van der Waals surface area contributed by atoms with Crippen molar-refractivity contribution in [1.29, 1.82) is 0 Å². The van der Waals surface area contributed by atoms with Crippen LogP contribution in [0.15, 0.2) is 61.2 Å². The van der Waals surface area contributed by atoms with Gasteiger partial charge in [0, 0.05) is 12.5 Å². The third kappa shape index (κ3) is 3.97. The van der Waals surface area contributed by atoms with E-state index >= 15 is 0 Å². The highest BCUT2D eigenvalue weighted by atomic mass is 16.6. The van der Waals surface area contributed by atoms with Crippen molar-refractivity contribution in [3.63, 3.8) is 0 Å². The van der Waals surface area contributed by atoms with Crippen LogP contribution in [0.2, 0.25) is 0 Å². The molecule has 5 nitrogen and oxygen atoms in total. The summed E-state index contributed by atoms with van der Waals surface area (Å²) in [6.07, 6.45) is 2.51. The van der Waals surface area contributed by atoms with Crippen molar-refractivity contribution in [2.24, 2.45) is 0 Å². The highest BCUT2D eigenvalue weighted by molar-refractivity contribution is 5.84. The van der Waals surface area contributed by atoms with Crippen LogP contribution in [-0.2, 0) is 9.53 Å². The van der Waals surface area contributed by atoms with Gasteiger partial charge in [-0.15, -0.1) is 6.58 Å². The second-order valence-electron chi connectivity index (χ2n) is 7.86. The van der Waals surface area contributed by atoms with Crippen molar-refractivity contribution >= 4 is 12.1 Å². The Morgan fingerprint density at radius 2 is 1.70 bits per heavy atom. The molecule has 0 heterocycles. The summed E-state index contributed by atoms with van der Waals surface area (Å²) in [6, 6.07) is 16.3. The molecule has 0 radical (unpaired) electrons. The summed E-state index contributed by atoms with van der Waals surface area (Å²) in [4.78, 5) is 26.4. The molecule has 0 fully saturated rings. The summed E-state index contributed by atoms with van der Waals surface area (Å²) in [5.41, 5.74) is 3.22. The lowest BCUT2D eigenvalue weighted by molar-refractivity contribution is -0.150.